The number of hydrogen-bond acceptors (Lipinski definition) is 4. The molecule has 6 heteroatoms. The number of aliphatic carboxylic acids is 1. The number of phenols is 1. The van der Waals surface area contributed by atoms with E-state index in [1.807, 2.05) is 0 Å². The fraction of sp³-hybridized carbons (Fsp3) is 0.714. The van der Waals surface area contributed by atoms with Gasteiger partial charge in [-0.25, -0.2) is 0 Å². The quantitative estimate of drug-likeness (QED) is 0.112. The first-order valence-corrected chi connectivity index (χ1v) is 14.5. The lowest BCUT2D eigenvalue weighted by molar-refractivity contribution is -0.138. The highest BCUT2D eigenvalue weighted by Crippen LogP contribution is 2.21. The third kappa shape index (κ3) is 16.9. The number of rotatable bonds is 22. The van der Waals surface area contributed by atoms with Crippen LogP contribution < -0.4 is 5.32 Å². The number of carboxylic acids is 1. The number of amides is 1. The minimum absolute atomic E-state index is 0.123. The first-order chi connectivity index (χ1) is 16.5. The molecule has 0 saturated heterocycles. The van der Waals surface area contributed by atoms with Crippen molar-refractivity contribution in [2.75, 3.05) is 11.1 Å². The molecule has 0 heterocycles. The molecule has 0 aliphatic rings. The van der Waals surface area contributed by atoms with E-state index >= 15 is 0 Å². The molecule has 1 aromatic rings. The van der Waals surface area contributed by atoms with Crippen LogP contribution in [0, 0.1) is 0 Å². The van der Waals surface area contributed by atoms with Gasteiger partial charge in [-0.2, -0.15) is 0 Å². The number of aromatic hydroxyl groups is 1. The summed E-state index contributed by atoms with van der Waals surface area (Å²) in [5.41, 5.74) is 0.557. The van der Waals surface area contributed by atoms with Crippen molar-refractivity contribution in [3.05, 3.63) is 24.3 Å². The van der Waals surface area contributed by atoms with Gasteiger partial charge in [-0.1, -0.05) is 103 Å². The smallest absolute Gasteiger partial charge is 0.305 e. The van der Waals surface area contributed by atoms with Gasteiger partial charge in [0.25, 0.3) is 0 Å². The van der Waals surface area contributed by atoms with Gasteiger partial charge in [0.2, 0.25) is 5.91 Å². The summed E-state index contributed by atoms with van der Waals surface area (Å²) in [6.07, 6.45) is 21.0. The Balaban J connectivity index is 2.01. The molecule has 0 aliphatic carbocycles. The van der Waals surface area contributed by atoms with Gasteiger partial charge in [0.15, 0.2) is 0 Å². The van der Waals surface area contributed by atoms with Gasteiger partial charge in [-0.15, -0.1) is 11.8 Å². The van der Waals surface area contributed by atoms with Crippen molar-refractivity contribution in [1.29, 1.82) is 0 Å². The zero-order valence-electron chi connectivity index (χ0n) is 21.2. The minimum atomic E-state index is -0.967. The SMILES string of the molecule is CCCCCCCCCCCCCCCCCCSC(CC(=O)O)C(=O)Nc1ccc(O)cc1. The number of nitrogens with one attached hydrogen (secondary N) is 1. The molecule has 1 aromatic carbocycles. The molecule has 1 unspecified atom stereocenters. The second-order valence-electron chi connectivity index (χ2n) is 9.30. The second-order valence-corrected chi connectivity index (χ2v) is 10.6. The second kappa shape index (κ2) is 20.7. The molecule has 34 heavy (non-hydrogen) atoms. The van der Waals surface area contributed by atoms with Crippen molar-refractivity contribution < 1.29 is 19.8 Å². The highest BCUT2D eigenvalue weighted by atomic mass is 32.2. The Bertz CT molecular complexity index is 650. The number of carbonyl (C=O) groups excluding carboxylic acids is 1. The van der Waals surface area contributed by atoms with Crippen LogP contribution >= 0.6 is 11.8 Å². The lowest BCUT2D eigenvalue weighted by Crippen LogP contribution is -2.28. The van der Waals surface area contributed by atoms with Crippen LogP contribution in [0.1, 0.15) is 116 Å². The molecular formula is C28H47NO4S. The fourth-order valence-corrected chi connectivity index (χ4v) is 5.16. The van der Waals surface area contributed by atoms with E-state index in [2.05, 4.69) is 12.2 Å². The van der Waals surface area contributed by atoms with Crippen LogP contribution in [0.2, 0.25) is 0 Å². The van der Waals surface area contributed by atoms with Crippen LogP contribution in [0.25, 0.3) is 0 Å². The van der Waals surface area contributed by atoms with E-state index in [-0.39, 0.29) is 18.1 Å². The third-order valence-electron chi connectivity index (χ3n) is 6.10. The molecule has 0 aromatic heterocycles. The molecule has 194 valence electrons. The van der Waals surface area contributed by atoms with Crippen molar-refractivity contribution in [1.82, 2.24) is 0 Å². The molecule has 1 rings (SSSR count). The summed E-state index contributed by atoms with van der Waals surface area (Å²) < 4.78 is 0. The molecular weight excluding hydrogens is 446 g/mol. The summed E-state index contributed by atoms with van der Waals surface area (Å²) in [6.45, 7) is 2.27. The highest BCUT2D eigenvalue weighted by molar-refractivity contribution is 8.00. The number of thioether (sulfide) groups is 1. The Morgan fingerprint density at radius 2 is 1.21 bits per heavy atom. The molecule has 0 aliphatic heterocycles. The van der Waals surface area contributed by atoms with Crippen molar-refractivity contribution >= 4 is 29.3 Å². The first kappa shape index (κ1) is 30.3. The molecule has 3 N–H and O–H groups in total. The van der Waals surface area contributed by atoms with Crippen molar-refractivity contribution in [2.45, 2.75) is 121 Å². The third-order valence-corrected chi connectivity index (χ3v) is 7.41. The number of carbonyl (C=O) groups is 2. The van der Waals surface area contributed by atoms with E-state index in [1.54, 1.807) is 12.1 Å². The number of phenolic OH excluding ortho intramolecular Hbond substituents is 1. The Hall–Kier alpha value is -1.69. The van der Waals surface area contributed by atoms with E-state index < -0.39 is 11.2 Å². The Morgan fingerprint density at radius 1 is 0.765 bits per heavy atom. The van der Waals surface area contributed by atoms with Gasteiger partial charge < -0.3 is 15.5 Å². The van der Waals surface area contributed by atoms with E-state index in [0.717, 1.165) is 18.6 Å². The van der Waals surface area contributed by atoms with Gasteiger partial charge in [0.05, 0.1) is 11.7 Å². The van der Waals surface area contributed by atoms with Crippen molar-refractivity contribution in [3.8, 4) is 5.75 Å². The molecule has 0 saturated carbocycles. The van der Waals surface area contributed by atoms with Crippen LogP contribution in [-0.4, -0.2) is 33.1 Å². The number of hydrogen-bond donors (Lipinski definition) is 3. The summed E-state index contributed by atoms with van der Waals surface area (Å²) in [4.78, 5) is 23.6. The Kier molecular flexibility index (Phi) is 18.4. The van der Waals surface area contributed by atoms with Crippen molar-refractivity contribution in [2.24, 2.45) is 0 Å². The monoisotopic (exact) mass is 493 g/mol. The highest BCUT2D eigenvalue weighted by Gasteiger charge is 2.22. The van der Waals surface area contributed by atoms with Crippen LogP contribution in [0.3, 0.4) is 0 Å². The normalized spacial score (nSPS) is 11.9. The Morgan fingerprint density at radius 3 is 1.65 bits per heavy atom. The van der Waals surface area contributed by atoms with E-state index in [0.29, 0.717) is 5.69 Å². The summed E-state index contributed by atoms with van der Waals surface area (Å²) in [6, 6.07) is 6.19. The number of unbranched alkanes of at least 4 members (excludes halogenated alkanes) is 15. The molecule has 1 atom stereocenters. The summed E-state index contributed by atoms with van der Waals surface area (Å²) in [7, 11) is 0. The summed E-state index contributed by atoms with van der Waals surface area (Å²) in [5, 5.41) is 20.6. The van der Waals surface area contributed by atoms with Crippen LogP contribution in [0.5, 0.6) is 5.75 Å². The molecule has 5 nitrogen and oxygen atoms in total. The zero-order valence-corrected chi connectivity index (χ0v) is 22.1. The van der Waals surface area contributed by atoms with Gasteiger partial charge in [-0.3, -0.25) is 9.59 Å². The topological polar surface area (TPSA) is 86.6 Å². The number of anilines is 1. The summed E-state index contributed by atoms with van der Waals surface area (Å²) >= 11 is 1.42. The minimum Gasteiger partial charge on any atom is -0.508 e. The predicted octanol–water partition coefficient (Wildman–Crippen LogP) is 8.17. The fourth-order valence-electron chi connectivity index (χ4n) is 4.03. The van der Waals surface area contributed by atoms with E-state index in [1.165, 1.54) is 114 Å². The largest absolute Gasteiger partial charge is 0.508 e. The van der Waals surface area contributed by atoms with Crippen LogP contribution in [0.15, 0.2) is 24.3 Å². The van der Waals surface area contributed by atoms with Gasteiger partial charge in [0, 0.05) is 5.69 Å². The molecule has 0 radical (unpaired) electrons. The molecule has 0 bridgehead atoms. The van der Waals surface area contributed by atoms with Crippen LogP contribution in [-0.2, 0) is 9.59 Å². The average molecular weight is 494 g/mol. The van der Waals surface area contributed by atoms with E-state index in [4.69, 9.17) is 5.11 Å². The lowest BCUT2D eigenvalue weighted by atomic mass is 10.0. The lowest BCUT2D eigenvalue weighted by Gasteiger charge is -2.15. The maximum atomic E-state index is 12.5. The average Bonchev–Trinajstić information content (AvgIpc) is 2.81. The maximum Gasteiger partial charge on any atom is 0.305 e. The Labute approximate surface area is 211 Å². The summed E-state index contributed by atoms with van der Waals surface area (Å²) in [5.74, 6) is -0.350. The van der Waals surface area contributed by atoms with Crippen molar-refractivity contribution in [3.63, 3.8) is 0 Å². The van der Waals surface area contributed by atoms with E-state index in [9.17, 15) is 14.7 Å². The zero-order chi connectivity index (χ0) is 24.9. The van der Waals surface area contributed by atoms with Gasteiger partial charge in [-0.05, 0) is 36.4 Å². The van der Waals surface area contributed by atoms with Gasteiger partial charge in [0.1, 0.15) is 5.75 Å². The molecule has 0 spiro atoms. The number of carboxylic acid groups (broad SMARTS) is 1. The standard InChI is InChI=1S/C28H47NO4S/c1-2-3-4-5-6-7-8-9-10-11-12-13-14-15-16-17-22-34-26(23-27(31)32)28(33)29-24-18-20-25(30)21-19-24/h18-21,26,30H,2-17,22-23H2,1H3,(H,29,33)(H,31,32). The first-order valence-electron chi connectivity index (χ1n) is 13.5. The van der Waals surface area contributed by atoms with Gasteiger partial charge >= 0.3 is 5.97 Å². The molecule has 1 amide bonds. The predicted molar refractivity (Wildman–Crippen MR) is 145 cm³/mol. The molecule has 0 fully saturated rings. The number of benzene rings is 1. The maximum absolute atomic E-state index is 12.5. The van der Waals surface area contributed by atoms with Crippen LogP contribution in [0.4, 0.5) is 5.69 Å².